The van der Waals surface area contributed by atoms with Gasteiger partial charge in [-0.05, 0) is 57.9 Å². The van der Waals surface area contributed by atoms with Crippen molar-refractivity contribution in [2.45, 2.75) is 105 Å². The second-order valence-corrected chi connectivity index (χ2v) is 13.7. The molecule has 1 aliphatic heterocycles. The number of amides is 6. The zero-order valence-corrected chi connectivity index (χ0v) is 29.7. The number of hydrogen-bond donors (Lipinski definition) is 5. The van der Waals surface area contributed by atoms with Gasteiger partial charge in [-0.1, -0.05) is 58.0 Å². The van der Waals surface area contributed by atoms with Gasteiger partial charge < -0.3 is 41.0 Å². The molecule has 272 valence electrons. The van der Waals surface area contributed by atoms with E-state index in [2.05, 4.69) is 26.6 Å². The van der Waals surface area contributed by atoms with Crippen molar-refractivity contribution >= 4 is 41.6 Å². The van der Waals surface area contributed by atoms with E-state index in [9.17, 15) is 33.6 Å². The van der Waals surface area contributed by atoms with Gasteiger partial charge in [0.05, 0.1) is 6.54 Å². The van der Waals surface area contributed by atoms with Gasteiger partial charge in [0, 0.05) is 6.54 Å². The van der Waals surface area contributed by atoms with Crippen LogP contribution < -0.4 is 26.6 Å². The number of hydrogen-bond acceptors (Lipinski definition) is 9. The molecule has 5 N–H and O–H groups in total. The monoisotopic (exact) mass is 688 g/mol. The van der Waals surface area contributed by atoms with Crippen LogP contribution in [-0.4, -0.2) is 95.9 Å². The van der Waals surface area contributed by atoms with Gasteiger partial charge in [-0.2, -0.15) is 0 Å². The molecular weight excluding hydrogens is 636 g/mol. The van der Waals surface area contributed by atoms with Crippen molar-refractivity contribution in [1.29, 1.82) is 0 Å². The van der Waals surface area contributed by atoms with Crippen LogP contribution in [0.25, 0.3) is 0 Å². The van der Waals surface area contributed by atoms with Crippen LogP contribution in [-0.2, 0) is 44.8 Å². The molecule has 1 aromatic carbocycles. The molecule has 0 aliphatic carbocycles. The first-order chi connectivity index (χ1) is 22.9. The lowest BCUT2D eigenvalue weighted by Crippen LogP contribution is -2.57. The Morgan fingerprint density at radius 1 is 0.816 bits per heavy atom. The van der Waals surface area contributed by atoms with Crippen molar-refractivity contribution in [3.8, 4) is 0 Å². The maximum atomic E-state index is 13.3. The highest BCUT2D eigenvalue weighted by atomic mass is 16.6. The highest BCUT2D eigenvalue weighted by Gasteiger charge is 2.37. The van der Waals surface area contributed by atoms with E-state index in [0.717, 1.165) is 5.56 Å². The lowest BCUT2D eigenvalue weighted by molar-refractivity contribution is -0.145. The molecule has 0 saturated carbocycles. The summed E-state index contributed by atoms with van der Waals surface area (Å²) in [5, 5.41) is 12.8. The maximum absolute atomic E-state index is 13.3. The normalized spacial score (nSPS) is 16.2. The van der Waals surface area contributed by atoms with Crippen LogP contribution in [0, 0.1) is 11.8 Å². The van der Waals surface area contributed by atoms with Gasteiger partial charge in [-0.3, -0.25) is 28.8 Å². The van der Waals surface area contributed by atoms with Crippen LogP contribution in [0.15, 0.2) is 30.3 Å². The van der Waals surface area contributed by atoms with Crippen LogP contribution in [0.4, 0.5) is 4.79 Å². The molecule has 0 aromatic heterocycles. The molecule has 1 fully saturated rings. The van der Waals surface area contributed by atoms with Crippen molar-refractivity contribution in [2.24, 2.45) is 11.8 Å². The molecule has 1 heterocycles. The Hall–Kier alpha value is -4.69. The van der Waals surface area contributed by atoms with Crippen molar-refractivity contribution in [1.82, 2.24) is 31.5 Å². The highest BCUT2D eigenvalue weighted by molar-refractivity contribution is 5.95. The Kier molecular flexibility index (Phi) is 15.5. The third-order valence-electron chi connectivity index (χ3n) is 7.53. The summed E-state index contributed by atoms with van der Waals surface area (Å²) >= 11 is 0. The molecule has 4 atom stereocenters. The lowest BCUT2D eigenvalue weighted by atomic mass is 10.0. The summed E-state index contributed by atoms with van der Waals surface area (Å²) in [5.74, 6) is -4.14. The molecule has 0 spiro atoms. The molecule has 0 unspecified atom stereocenters. The van der Waals surface area contributed by atoms with Crippen LogP contribution in [0.1, 0.15) is 73.8 Å². The zero-order chi connectivity index (χ0) is 36.9. The molecule has 1 aromatic rings. The minimum absolute atomic E-state index is 0.0586. The number of alkyl carbamates (subject to hydrolysis) is 1. The summed E-state index contributed by atoms with van der Waals surface area (Å²) in [4.78, 5) is 90.6. The van der Waals surface area contributed by atoms with E-state index in [1.54, 1.807) is 60.6 Å². The highest BCUT2D eigenvalue weighted by Crippen LogP contribution is 2.19. The van der Waals surface area contributed by atoms with E-state index in [1.165, 1.54) is 11.8 Å². The second-order valence-electron chi connectivity index (χ2n) is 13.7. The predicted octanol–water partition coefficient (Wildman–Crippen LogP) is 1.15. The molecule has 2 rings (SSSR count). The molecule has 0 radical (unpaired) electrons. The van der Waals surface area contributed by atoms with Crippen molar-refractivity contribution in [3.63, 3.8) is 0 Å². The molecule has 1 aliphatic rings. The molecule has 6 amide bonds. The van der Waals surface area contributed by atoms with Gasteiger partial charge in [0.1, 0.15) is 42.9 Å². The SMILES string of the molecule is CC(C)[C@H](NC(=O)CNC(=O)[C@H]1CCCN1C(=O)[C@@H](C)NC(=O)[C@H](NC(=O)OC(C)(C)C)C(C)C)C(=O)NCC(=O)OCc1ccccc1. The number of ether oxygens (including phenoxy) is 2. The topological polar surface area (TPSA) is 201 Å². The summed E-state index contributed by atoms with van der Waals surface area (Å²) in [6.45, 7) is 13.0. The molecule has 15 nitrogen and oxygen atoms in total. The Labute approximate surface area is 288 Å². The molecule has 49 heavy (non-hydrogen) atoms. The fourth-order valence-electron chi connectivity index (χ4n) is 4.99. The molecule has 0 bridgehead atoms. The summed E-state index contributed by atoms with van der Waals surface area (Å²) in [7, 11) is 0. The first kappa shape index (κ1) is 40.5. The number of nitrogens with zero attached hydrogens (tertiary/aromatic N) is 1. The Bertz CT molecular complexity index is 1330. The van der Waals surface area contributed by atoms with E-state index < -0.39 is 77.9 Å². The van der Waals surface area contributed by atoms with Gasteiger partial charge >= 0.3 is 12.1 Å². The van der Waals surface area contributed by atoms with Gasteiger partial charge in [0.25, 0.3) is 0 Å². The van der Waals surface area contributed by atoms with E-state index in [-0.39, 0.29) is 31.5 Å². The molecular formula is C34H52N6O9. The second kappa shape index (κ2) is 18.7. The summed E-state index contributed by atoms with van der Waals surface area (Å²) in [6.07, 6.45) is 0.126. The first-order valence-corrected chi connectivity index (χ1v) is 16.5. The average molecular weight is 689 g/mol. The fraction of sp³-hybridized carbons (Fsp3) is 0.618. The zero-order valence-electron chi connectivity index (χ0n) is 29.7. The fourth-order valence-corrected chi connectivity index (χ4v) is 4.99. The van der Waals surface area contributed by atoms with E-state index in [4.69, 9.17) is 9.47 Å². The standard InChI is InChI=1S/C34H52N6O9/c1-20(2)27(30(44)36-18-26(42)48-19-23-13-10-9-11-14-23)38-25(41)17-35-29(43)24-15-12-16-40(24)32(46)22(5)37-31(45)28(21(3)4)39-33(47)49-34(6,7)8/h9-11,13-14,20-22,24,27-28H,12,15-19H2,1-8H3,(H,35,43)(H,36,44)(H,37,45)(H,38,41)(H,39,47)/t22-,24-,27+,28-/m1/s1. The summed E-state index contributed by atoms with van der Waals surface area (Å²) in [5.41, 5.74) is 0.0370. The number of nitrogens with one attached hydrogen (secondary N) is 5. The van der Waals surface area contributed by atoms with Crippen LogP contribution in [0.2, 0.25) is 0 Å². The van der Waals surface area contributed by atoms with Crippen LogP contribution >= 0.6 is 0 Å². The van der Waals surface area contributed by atoms with Gasteiger partial charge in [0.15, 0.2) is 0 Å². The average Bonchev–Trinajstić information content (AvgIpc) is 3.52. The third kappa shape index (κ3) is 13.8. The Morgan fingerprint density at radius 3 is 2.02 bits per heavy atom. The largest absolute Gasteiger partial charge is 0.460 e. The minimum atomic E-state index is -1.01. The quantitative estimate of drug-likeness (QED) is 0.168. The lowest BCUT2D eigenvalue weighted by Gasteiger charge is -2.29. The van der Waals surface area contributed by atoms with E-state index in [1.807, 2.05) is 18.2 Å². The predicted molar refractivity (Wildman–Crippen MR) is 179 cm³/mol. The molecule has 1 saturated heterocycles. The van der Waals surface area contributed by atoms with Crippen LogP contribution in [0.3, 0.4) is 0 Å². The van der Waals surface area contributed by atoms with Crippen molar-refractivity contribution in [2.75, 3.05) is 19.6 Å². The summed E-state index contributed by atoms with van der Waals surface area (Å²) in [6, 6.07) is 5.24. The van der Waals surface area contributed by atoms with E-state index in [0.29, 0.717) is 12.8 Å². The number of benzene rings is 1. The number of carbonyl (C=O) groups excluding carboxylic acids is 7. The first-order valence-electron chi connectivity index (χ1n) is 16.5. The van der Waals surface area contributed by atoms with Gasteiger partial charge in [-0.15, -0.1) is 0 Å². The Morgan fingerprint density at radius 2 is 1.43 bits per heavy atom. The summed E-state index contributed by atoms with van der Waals surface area (Å²) < 4.78 is 10.4. The number of rotatable bonds is 15. The number of esters is 1. The van der Waals surface area contributed by atoms with Crippen molar-refractivity contribution in [3.05, 3.63) is 35.9 Å². The maximum Gasteiger partial charge on any atom is 0.408 e. The van der Waals surface area contributed by atoms with Gasteiger partial charge in [-0.25, -0.2) is 4.79 Å². The smallest absolute Gasteiger partial charge is 0.408 e. The number of likely N-dealkylation sites (tertiary alicyclic amines) is 1. The molecule has 15 heteroatoms. The van der Waals surface area contributed by atoms with E-state index >= 15 is 0 Å². The Balaban J connectivity index is 1.87. The van der Waals surface area contributed by atoms with Crippen molar-refractivity contribution < 1.29 is 43.0 Å². The number of carbonyl (C=O) groups is 7. The minimum Gasteiger partial charge on any atom is -0.460 e. The third-order valence-corrected chi connectivity index (χ3v) is 7.53. The van der Waals surface area contributed by atoms with Crippen LogP contribution in [0.5, 0.6) is 0 Å². The van der Waals surface area contributed by atoms with Gasteiger partial charge in [0.2, 0.25) is 29.5 Å².